The van der Waals surface area contributed by atoms with Crippen LogP contribution in [0.4, 0.5) is 11.8 Å². The molecule has 0 atom stereocenters. The fourth-order valence-electron chi connectivity index (χ4n) is 1.42. The molecule has 0 aliphatic carbocycles. The van der Waals surface area contributed by atoms with Gasteiger partial charge in [0.2, 0.25) is 5.95 Å². The summed E-state index contributed by atoms with van der Waals surface area (Å²) in [5, 5.41) is 7.35. The molecule has 0 unspecified atom stereocenters. The van der Waals surface area contributed by atoms with Crippen molar-refractivity contribution in [3.05, 3.63) is 30.2 Å². The average molecular weight is 232 g/mol. The lowest BCUT2D eigenvalue weighted by atomic mass is 10.4. The molecule has 1 N–H and O–H groups in total. The van der Waals surface area contributed by atoms with Crippen LogP contribution in [-0.4, -0.2) is 33.8 Å². The zero-order valence-corrected chi connectivity index (χ0v) is 10.3. The van der Waals surface area contributed by atoms with Crippen LogP contribution in [0.1, 0.15) is 5.69 Å². The molecule has 2 aromatic rings. The van der Waals surface area contributed by atoms with Gasteiger partial charge in [0.05, 0.1) is 12.2 Å². The normalized spacial score (nSPS) is 10.3. The minimum Gasteiger partial charge on any atom is -0.364 e. The van der Waals surface area contributed by atoms with E-state index in [0.29, 0.717) is 12.5 Å². The maximum atomic E-state index is 4.38. The Morgan fingerprint density at radius 1 is 1.29 bits per heavy atom. The van der Waals surface area contributed by atoms with Crippen LogP contribution in [0.25, 0.3) is 0 Å². The van der Waals surface area contributed by atoms with E-state index in [-0.39, 0.29) is 0 Å². The molecular weight excluding hydrogens is 216 g/mol. The molecule has 2 heterocycles. The molecular formula is C11H16N6. The van der Waals surface area contributed by atoms with E-state index < -0.39 is 0 Å². The first kappa shape index (κ1) is 11.4. The monoisotopic (exact) mass is 232 g/mol. The second-order valence-electron chi connectivity index (χ2n) is 3.94. The SMILES string of the molecule is CN(C)c1nccc(NCc2ccnn2C)n1. The van der Waals surface area contributed by atoms with E-state index >= 15 is 0 Å². The molecule has 6 heteroatoms. The van der Waals surface area contributed by atoms with Gasteiger partial charge < -0.3 is 10.2 Å². The first-order chi connectivity index (χ1) is 8.16. The number of hydrogen-bond acceptors (Lipinski definition) is 5. The summed E-state index contributed by atoms with van der Waals surface area (Å²) in [5.41, 5.74) is 1.11. The van der Waals surface area contributed by atoms with E-state index in [0.717, 1.165) is 11.5 Å². The van der Waals surface area contributed by atoms with Crippen molar-refractivity contribution in [2.24, 2.45) is 7.05 Å². The van der Waals surface area contributed by atoms with Crippen molar-refractivity contribution in [1.29, 1.82) is 0 Å². The molecule has 0 aromatic carbocycles. The molecule has 0 amide bonds. The quantitative estimate of drug-likeness (QED) is 0.848. The van der Waals surface area contributed by atoms with Gasteiger partial charge in [-0.1, -0.05) is 0 Å². The van der Waals surface area contributed by atoms with Crippen LogP contribution >= 0.6 is 0 Å². The number of rotatable bonds is 4. The van der Waals surface area contributed by atoms with E-state index in [2.05, 4.69) is 20.4 Å². The van der Waals surface area contributed by atoms with Gasteiger partial charge in [-0.3, -0.25) is 4.68 Å². The van der Waals surface area contributed by atoms with Gasteiger partial charge in [-0.25, -0.2) is 4.98 Å². The predicted molar refractivity (Wildman–Crippen MR) is 66.9 cm³/mol. The summed E-state index contributed by atoms with van der Waals surface area (Å²) in [6, 6.07) is 3.82. The highest BCUT2D eigenvalue weighted by Gasteiger charge is 2.02. The van der Waals surface area contributed by atoms with Crippen LogP contribution in [0.2, 0.25) is 0 Å². The fourth-order valence-corrected chi connectivity index (χ4v) is 1.42. The molecule has 17 heavy (non-hydrogen) atoms. The van der Waals surface area contributed by atoms with Crippen molar-refractivity contribution in [2.75, 3.05) is 24.3 Å². The summed E-state index contributed by atoms with van der Waals surface area (Å²) in [6.45, 7) is 0.695. The van der Waals surface area contributed by atoms with Gasteiger partial charge >= 0.3 is 0 Å². The molecule has 0 radical (unpaired) electrons. The number of aromatic nitrogens is 4. The molecule has 2 aromatic heterocycles. The summed E-state index contributed by atoms with van der Waals surface area (Å²) < 4.78 is 1.83. The van der Waals surface area contributed by atoms with Gasteiger partial charge in [-0.15, -0.1) is 0 Å². The minimum atomic E-state index is 0.694. The smallest absolute Gasteiger partial charge is 0.226 e. The van der Waals surface area contributed by atoms with Crippen LogP contribution in [0.15, 0.2) is 24.5 Å². The maximum Gasteiger partial charge on any atom is 0.226 e. The highest BCUT2D eigenvalue weighted by atomic mass is 15.3. The second kappa shape index (κ2) is 4.82. The van der Waals surface area contributed by atoms with Crippen LogP contribution < -0.4 is 10.2 Å². The van der Waals surface area contributed by atoms with Gasteiger partial charge in [0.1, 0.15) is 5.82 Å². The average Bonchev–Trinajstić information content (AvgIpc) is 2.72. The molecule has 90 valence electrons. The summed E-state index contributed by atoms with van der Waals surface area (Å²) in [7, 11) is 5.75. The second-order valence-corrected chi connectivity index (χ2v) is 3.94. The van der Waals surface area contributed by atoms with Crippen LogP contribution in [0.5, 0.6) is 0 Å². The molecule has 6 nitrogen and oxygen atoms in total. The molecule has 0 aliphatic heterocycles. The number of anilines is 2. The Balaban J connectivity index is 2.04. The molecule has 2 rings (SSSR count). The summed E-state index contributed by atoms with van der Waals surface area (Å²) >= 11 is 0. The van der Waals surface area contributed by atoms with Crippen molar-refractivity contribution in [3.8, 4) is 0 Å². The standard InChI is InChI=1S/C11H16N6/c1-16(2)11-12-6-5-10(15-11)13-8-9-4-7-14-17(9)3/h4-7H,8H2,1-3H3,(H,12,13,15). The zero-order valence-electron chi connectivity index (χ0n) is 10.3. The van der Waals surface area contributed by atoms with Gasteiger partial charge in [0.25, 0.3) is 0 Å². The topological polar surface area (TPSA) is 58.9 Å². The van der Waals surface area contributed by atoms with Crippen LogP contribution in [-0.2, 0) is 13.6 Å². The lowest BCUT2D eigenvalue weighted by molar-refractivity contribution is 0.720. The number of hydrogen-bond donors (Lipinski definition) is 1. The first-order valence-electron chi connectivity index (χ1n) is 5.38. The van der Waals surface area contributed by atoms with Crippen molar-refractivity contribution >= 4 is 11.8 Å². The van der Waals surface area contributed by atoms with E-state index in [1.54, 1.807) is 12.4 Å². The van der Waals surface area contributed by atoms with Gasteiger partial charge in [0, 0.05) is 33.5 Å². The summed E-state index contributed by atoms with van der Waals surface area (Å²) in [6.07, 6.45) is 3.52. The summed E-state index contributed by atoms with van der Waals surface area (Å²) in [5.74, 6) is 1.50. The lowest BCUT2D eigenvalue weighted by Crippen LogP contribution is -2.14. The highest BCUT2D eigenvalue weighted by Crippen LogP contribution is 2.09. The Morgan fingerprint density at radius 2 is 2.12 bits per heavy atom. The van der Waals surface area contributed by atoms with Crippen molar-refractivity contribution < 1.29 is 0 Å². The molecule has 0 bridgehead atoms. The number of nitrogens with zero attached hydrogens (tertiary/aromatic N) is 5. The van der Waals surface area contributed by atoms with Gasteiger partial charge in [-0.05, 0) is 12.1 Å². The molecule has 0 saturated heterocycles. The molecule has 0 fully saturated rings. The Kier molecular flexibility index (Phi) is 3.22. The number of nitrogens with one attached hydrogen (secondary N) is 1. The zero-order chi connectivity index (χ0) is 12.3. The Hall–Kier alpha value is -2.11. The van der Waals surface area contributed by atoms with Crippen molar-refractivity contribution in [1.82, 2.24) is 19.7 Å². The van der Waals surface area contributed by atoms with Gasteiger partial charge in [0.15, 0.2) is 0 Å². The minimum absolute atomic E-state index is 0.694. The van der Waals surface area contributed by atoms with Crippen molar-refractivity contribution in [3.63, 3.8) is 0 Å². The van der Waals surface area contributed by atoms with Gasteiger partial charge in [-0.2, -0.15) is 10.1 Å². The van der Waals surface area contributed by atoms with E-state index in [1.165, 1.54) is 0 Å². The Bertz CT molecular complexity index is 490. The lowest BCUT2D eigenvalue weighted by Gasteiger charge is -2.11. The third kappa shape index (κ3) is 2.72. The molecule has 0 spiro atoms. The first-order valence-corrected chi connectivity index (χ1v) is 5.38. The Labute approximate surface area is 100 Å². The van der Waals surface area contributed by atoms with Crippen LogP contribution in [0.3, 0.4) is 0 Å². The largest absolute Gasteiger partial charge is 0.364 e. The summed E-state index contributed by atoms with van der Waals surface area (Å²) in [4.78, 5) is 10.4. The highest BCUT2D eigenvalue weighted by molar-refractivity contribution is 5.40. The molecule has 0 aliphatic rings. The van der Waals surface area contributed by atoms with E-state index in [4.69, 9.17) is 0 Å². The van der Waals surface area contributed by atoms with Crippen molar-refractivity contribution in [2.45, 2.75) is 6.54 Å². The number of aryl methyl sites for hydroxylation is 1. The predicted octanol–water partition coefficient (Wildman–Crippen LogP) is 0.888. The molecule has 0 saturated carbocycles. The third-order valence-electron chi connectivity index (χ3n) is 2.42. The Morgan fingerprint density at radius 3 is 2.76 bits per heavy atom. The maximum absolute atomic E-state index is 4.38. The fraction of sp³-hybridized carbons (Fsp3) is 0.364. The van der Waals surface area contributed by atoms with Crippen LogP contribution in [0, 0.1) is 0 Å². The van der Waals surface area contributed by atoms with E-state index in [1.807, 2.05) is 42.9 Å². The van der Waals surface area contributed by atoms with E-state index in [9.17, 15) is 0 Å². The third-order valence-corrected chi connectivity index (χ3v) is 2.42.